The van der Waals surface area contributed by atoms with Gasteiger partial charge in [-0.3, -0.25) is 4.99 Å². The molecule has 1 heterocycles. The van der Waals surface area contributed by atoms with Gasteiger partial charge < -0.3 is 0 Å². The van der Waals surface area contributed by atoms with E-state index in [1.165, 1.54) is 0 Å². The number of aryl methyl sites for hydroxylation is 1. The molecule has 0 radical (unpaired) electrons. The van der Waals surface area contributed by atoms with Crippen LogP contribution in [0.1, 0.15) is 37.3 Å². The molecule has 0 unspecified atom stereocenters. The highest BCUT2D eigenvalue weighted by Crippen LogP contribution is 2.30. The number of hydrogen-bond acceptors (Lipinski definition) is 1. The highest BCUT2D eigenvalue weighted by Gasteiger charge is 2.13. The van der Waals surface area contributed by atoms with Crippen molar-refractivity contribution >= 4 is 11.9 Å². The Kier molecular flexibility index (Phi) is 2.36. The van der Waals surface area contributed by atoms with Crippen LogP contribution in [0.4, 0.5) is 10.1 Å². The first-order valence-electron chi connectivity index (χ1n) is 5.03. The summed E-state index contributed by atoms with van der Waals surface area (Å²) in [6, 6.07) is 3.69. The molecule has 1 aliphatic rings. The van der Waals surface area contributed by atoms with E-state index in [4.69, 9.17) is 0 Å². The van der Waals surface area contributed by atoms with E-state index >= 15 is 0 Å². The topological polar surface area (TPSA) is 12.4 Å². The van der Waals surface area contributed by atoms with Crippen molar-refractivity contribution in [2.75, 3.05) is 0 Å². The number of benzene rings is 1. The molecule has 0 spiro atoms. The second kappa shape index (κ2) is 3.52. The summed E-state index contributed by atoms with van der Waals surface area (Å²) in [5.74, 6) is 0.197. The second-order valence-corrected chi connectivity index (χ2v) is 4.02. The van der Waals surface area contributed by atoms with Crippen LogP contribution in [-0.4, -0.2) is 6.21 Å². The van der Waals surface area contributed by atoms with Crippen LogP contribution in [0.15, 0.2) is 17.1 Å². The van der Waals surface area contributed by atoms with Crippen molar-refractivity contribution in [1.29, 1.82) is 0 Å². The predicted octanol–water partition coefficient (Wildman–Crippen LogP) is 3.60. The molecule has 0 bridgehead atoms. The molecule has 0 aliphatic carbocycles. The molecule has 0 atom stereocenters. The summed E-state index contributed by atoms with van der Waals surface area (Å²) in [5, 5.41) is 0. The van der Waals surface area contributed by atoms with E-state index < -0.39 is 0 Å². The largest absolute Gasteiger partial charge is 0.258 e. The van der Waals surface area contributed by atoms with E-state index in [9.17, 15) is 4.39 Å². The van der Waals surface area contributed by atoms with Gasteiger partial charge in [0.15, 0.2) is 0 Å². The summed E-state index contributed by atoms with van der Waals surface area (Å²) >= 11 is 0. The molecule has 0 saturated carbocycles. The number of rotatable bonds is 1. The van der Waals surface area contributed by atoms with Crippen molar-refractivity contribution < 1.29 is 4.39 Å². The number of halogens is 1. The van der Waals surface area contributed by atoms with Crippen LogP contribution in [0.2, 0.25) is 0 Å². The SMILES string of the molecule is CC(C)c1cc(F)c2c(c1)CCC=N2. The third kappa shape index (κ3) is 1.57. The first kappa shape index (κ1) is 9.38. The third-order valence-corrected chi connectivity index (χ3v) is 2.59. The molecule has 2 rings (SSSR count). The molecular weight excluding hydrogens is 177 g/mol. The minimum absolute atomic E-state index is 0.179. The van der Waals surface area contributed by atoms with Crippen molar-refractivity contribution in [3.63, 3.8) is 0 Å². The Morgan fingerprint density at radius 3 is 2.86 bits per heavy atom. The standard InChI is InChI=1S/C12H14FN/c1-8(2)10-6-9-4-3-5-14-12(9)11(13)7-10/h5-8H,3-4H2,1-2H3. The van der Waals surface area contributed by atoms with Gasteiger partial charge in [0.2, 0.25) is 0 Å². The van der Waals surface area contributed by atoms with E-state index in [1.807, 2.05) is 0 Å². The summed E-state index contributed by atoms with van der Waals surface area (Å²) in [6.45, 7) is 4.15. The van der Waals surface area contributed by atoms with Crippen molar-refractivity contribution in [1.82, 2.24) is 0 Å². The lowest BCUT2D eigenvalue weighted by Crippen LogP contribution is -1.99. The maximum absolute atomic E-state index is 13.6. The summed E-state index contributed by atoms with van der Waals surface area (Å²) in [7, 11) is 0. The maximum Gasteiger partial charge on any atom is 0.149 e. The lowest BCUT2D eigenvalue weighted by Gasteiger charge is -2.14. The molecule has 1 aromatic carbocycles. The molecular formula is C12H14FN. The van der Waals surface area contributed by atoms with Crippen LogP contribution in [-0.2, 0) is 6.42 Å². The average Bonchev–Trinajstić information content (AvgIpc) is 2.17. The second-order valence-electron chi connectivity index (χ2n) is 4.02. The Labute approximate surface area is 83.7 Å². The van der Waals surface area contributed by atoms with Crippen LogP contribution in [0.25, 0.3) is 0 Å². The van der Waals surface area contributed by atoms with E-state index in [2.05, 4.69) is 24.9 Å². The van der Waals surface area contributed by atoms with E-state index in [0.717, 1.165) is 24.0 Å². The Morgan fingerprint density at radius 2 is 2.14 bits per heavy atom. The van der Waals surface area contributed by atoms with Crippen molar-refractivity contribution in [3.8, 4) is 0 Å². The molecule has 2 heteroatoms. The zero-order valence-corrected chi connectivity index (χ0v) is 8.55. The van der Waals surface area contributed by atoms with Crippen LogP contribution in [0.5, 0.6) is 0 Å². The van der Waals surface area contributed by atoms with Crippen LogP contribution in [0.3, 0.4) is 0 Å². The third-order valence-electron chi connectivity index (χ3n) is 2.59. The molecule has 0 saturated heterocycles. The van der Waals surface area contributed by atoms with Gasteiger partial charge in [0.25, 0.3) is 0 Å². The van der Waals surface area contributed by atoms with E-state index in [0.29, 0.717) is 11.6 Å². The Bertz CT molecular complexity index is 380. The van der Waals surface area contributed by atoms with Gasteiger partial charge in [-0.2, -0.15) is 0 Å². The monoisotopic (exact) mass is 191 g/mol. The van der Waals surface area contributed by atoms with Crippen LogP contribution in [0, 0.1) is 5.82 Å². The van der Waals surface area contributed by atoms with Crippen molar-refractivity contribution in [2.45, 2.75) is 32.6 Å². The number of aliphatic imine (C=N–C) groups is 1. The van der Waals surface area contributed by atoms with Gasteiger partial charge in [0.05, 0.1) is 0 Å². The summed E-state index contributed by atoms with van der Waals surface area (Å²) < 4.78 is 13.6. The van der Waals surface area contributed by atoms with Gasteiger partial charge in [-0.25, -0.2) is 4.39 Å². The molecule has 0 aromatic heterocycles. The normalized spacial score (nSPS) is 14.6. The number of fused-ring (bicyclic) bond motifs is 1. The molecule has 1 aromatic rings. The fourth-order valence-electron chi connectivity index (χ4n) is 1.72. The van der Waals surface area contributed by atoms with Crippen LogP contribution < -0.4 is 0 Å². The smallest absolute Gasteiger partial charge is 0.149 e. The first-order chi connectivity index (χ1) is 6.68. The first-order valence-corrected chi connectivity index (χ1v) is 5.03. The summed E-state index contributed by atoms with van der Waals surface area (Å²) in [6.07, 6.45) is 3.63. The summed E-state index contributed by atoms with van der Waals surface area (Å²) in [5.41, 5.74) is 2.66. The molecule has 14 heavy (non-hydrogen) atoms. The van der Waals surface area contributed by atoms with Gasteiger partial charge in [-0.05, 0) is 36.0 Å². The summed E-state index contributed by atoms with van der Waals surface area (Å²) in [4.78, 5) is 4.09. The molecule has 0 N–H and O–H groups in total. The number of hydrogen-bond donors (Lipinski definition) is 0. The molecule has 74 valence electrons. The van der Waals surface area contributed by atoms with Gasteiger partial charge in [-0.15, -0.1) is 0 Å². The van der Waals surface area contributed by atoms with Crippen molar-refractivity contribution in [2.24, 2.45) is 4.99 Å². The van der Waals surface area contributed by atoms with Crippen LogP contribution >= 0.6 is 0 Å². The lowest BCUT2D eigenvalue weighted by molar-refractivity contribution is 0.622. The Hall–Kier alpha value is -1.18. The number of nitrogens with zero attached hydrogens (tertiary/aromatic N) is 1. The van der Waals surface area contributed by atoms with Gasteiger partial charge >= 0.3 is 0 Å². The van der Waals surface area contributed by atoms with Crippen molar-refractivity contribution in [3.05, 3.63) is 29.1 Å². The minimum atomic E-state index is -0.179. The zero-order valence-electron chi connectivity index (χ0n) is 8.55. The quantitative estimate of drug-likeness (QED) is 0.643. The maximum atomic E-state index is 13.6. The van der Waals surface area contributed by atoms with Gasteiger partial charge in [-0.1, -0.05) is 19.9 Å². The highest BCUT2D eigenvalue weighted by atomic mass is 19.1. The molecule has 1 aliphatic heterocycles. The molecule has 1 nitrogen and oxygen atoms in total. The molecule has 0 fully saturated rings. The Balaban J connectivity index is 2.53. The zero-order chi connectivity index (χ0) is 10.1. The van der Waals surface area contributed by atoms with Gasteiger partial charge in [0, 0.05) is 6.21 Å². The predicted molar refractivity (Wildman–Crippen MR) is 57.0 cm³/mol. The Morgan fingerprint density at radius 1 is 1.36 bits per heavy atom. The average molecular weight is 191 g/mol. The highest BCUT2D eigenvalue weighted by molar-refractivity contribution is 5.69. The van der Waals surface area contributed by atoms with E-state index in [1.54, 1.807) is 12.3 Å². The fourth-order valence-corrected chi connectivity index (χ4v) is 1.72. The minimum Gasteiger partial charge on any atom is -0.258 e. The fraction of sp³-hybridized carbons (Fsp3) is 0.417. The van der Waals surface area contributed by atoms with E-state index in [-0.39, 0.29) is 5.82 Å². The molecule has 0 amide bonds. The van der Waals surface area contributed by atoms with Gasteiger partial charge in [0.1, 0.15) is 11.5 Å². The lowest BCUT2D eigenvalue weighted by atomic mass is 9.96.